The third kappa shape index (κ3) is 3.45. The molecule has 0 spiro atoms. The molecule has 0 aliphatic heterocycles. The van der Waals surface area contributed by atoms with Crippen LogP contribution in [-0.4, -0.2) is 45.1 Å². The summed E-state index contributed by atoms with van der Waals surface area (Å²) in [6.45, 7) is 1.07. The molecule has 6 rings (SSSR count). The van der Waals surface area contributed by atoms with Gasteiger partial charge in [-0.25, -0.2) is 19.3 Å². The van der Waals surface area contributed by atoms with Crippen LogP contribution >= 0.6 is 11.3 Å². The first-order chi connectivity index (χ1) is 16.5. The highest BCUT2D eigenvalue weighted by Gasteiger charge is 2.33. The van der Waals surface area contributed by atoms with Gasteiger partial charge in [0, 0.05) is 35.3 Å². The molecule has 0 amide bonds. The highest BCUT2D eigenvalue weighted by molar-refractivity contribution is 7.13. The Morgan fingerprint density at radius 3 is 2.71 bits per heavy atom. The summed E-state index contributed by atoms with van der Waals surface area (Å²) in [5.41, 5.74) is 9.37. The molecule has 1 aliphatic carbocycles. The zero-order chi connectivity index (χ0) is 23.4. The molecule has 0 bridgehead atoms. The molecule has 172 valence electrons. The highest BCUT2D eigenvalue weighted by Crippen LogP contribution is 2.44. The highest BCUT2D eigenvalue weighted by atomic mass is 32.1. The summed E-state index contributed by atoms with van der Waals surface area (Å²) in [4.78, 5) is 16.7. The van der Waals surface area contributed by atoms with E-state index in [-0.39, 0.29) is 5.82 Å². The third-order valence-electron chi connectivity index (χ3n) is 6.73. The van der Waals surface area contributed by atoms with Crippen LogP contribution in [0.15, 0.2) is 54.3 Å². The number of nitrogens with zero attached hydrogens (tertiary/aromatic N) is 5. The molecule has 34 heavy (non-hydrogen) atoms. The van der Waals surface area contributed by atoms with Crippen molar-refractivity contribution in [3.05, 3.63) is 60.1 Å². The molecule has 0 unspecified atom stereocenters. The molecule has 0 radical (unpaired) electrons. The minimum atomic E-state index is -0.350. The molecule has 8 heteroatoms. The van der Waals surface area contributed by atoms with Crippen molar-refractivity contribution in [2.75, 3.05) is 26.4 Å². The normalized spacial score (nSPS) is 18.1. The zero-order valence-electron chi connectivity index (χ0n) is 19.1. The smallest absolute Gasteiger partial charge is 0.157 e. The predicted molar refractivity (Wildman–Crippen MR) is 136 cm³/mol. The molecule has 1 saturated carbocycles. The van der Waals surface area contributed by atoms with Gasteiger partial charge in [-0.3, -0.25) is 0 Å². The molecule has 0 saturated heterocycles. The Kier molecular flexibility index (Phi) is 5.08. The molecule has 4 aromatic heterocycles. The van der Waals surface area contributed by atoms with Gasteiger partial charge in [0.2, 0.25) is 0 Å². The summed E-state index contributed by atoms with van der Waals surface area (Å²) in [7, 11) is 4.20. The van der Waals surface area contributed by atoms with E-state index >= 15 is 4.39 Å². The molecule has 1 aliphatic rings. The van der Waals surface area contributed by atoms with E-state index in [1.807, 2.05) is 48.0 Å². The van der Waals surface area contributed by atoms with Crippen LogP contribution in [-0.2, 0) is 0 Å². The van der Waals surface area contributed by atoms with E-state index in [1.165, 1.54) is 6.33 Å². The van der Waals surface area contributed by atoms with Gasteiger partial charge in [-0.2, -0.15) is 0 Å². The van der Waals surface area contributed by atoms with Crippen molar-refractivity contribution in [3.8, 4) is 21.7 Å². The van der Waals surface area contributed by atoms with Gasteiger partial charge in [-0.1, -0.05) is 24.3 Å². The van der Waals surface area contributed by atoms with Gasteiger partial charge in [0.05, 0.1) is 16.0 Å². The quantitative estimate of drug-likeness (QED) is 0.360. The number of nitrogens with two attached hydrogens (primary N) is 1. The first kappa shape index (κ1) is 21.2. The monoisotopic (exact) mass is 472 g/mol. The van der Waals surface area contributed by atoms with Crippen molar-refractivity contribution >= 4 is 39.1 Å². The van der Waals surface area contributed by atoms with Crippen LogP contribution in [0.2, 0.25) is 0 Å². The van der Waals surface area contributed by atoms with Crippen LogP contribution in [0.1, 0.15) is 18.9 Å². The van der Waals surface area contributed by atoms with Crippen molar-refractivity contribution in [3.63, 3.8) is 0 Å². The number of pyridine rings is 1. The van der Waals surface area contributed by atoms with E-state index in [4.69, 9.17) is 5.73 Å². The fourth-order valence-electron chi connectivity index (χ4n) is 5.11. The molecule has 6 nitrogen and oxygen atoms in total. The minimum Gasteiger partial charge on any atom is -0.383 e. The van der Waals surface area contributed by atoms with Gasteiger partial charge in [0.15, 0.2) is 5.82 Å². The van der Waals surface area contributed by atoms with Crippen LogP contribution in [0, 0.1) is 11.7 Å². The second-order valence-electron chi connectivity index (χ2n) is 9.33. The third-order valence-corrected chi connectivity index (χ3v) is 7.62. The Bertz CT molecular complexity index is 1500. The summed E-state index contributed by atoms with van der Waals surface area (Å²) < 4.78 is 18.2. The van der Waals surface area contributed by atoms with Gasteiger partial charge >= 0.3 is 0 Å². The number of nitrogen functional groups attached to an aromatic ring is 1. The molecule has 0 atom stereocenters. The number of anilines is 1. The largest absolute Gasteiger partial charge is 0.383 e. The number of halogens is 1. The van der Waals surface area contributed by atoms with E-state index in [1.54, 1.807) is 11.3 Å². The number of rotatable bonds is 5. The van der Waals surface area contributed by atoms with Crippen molar-refractivity contribution < 1.29 is 4.39 Å². The van der Waals surface area contributed by atoms with Crippen molar-refractivity contribution in [2.24, 2.45) is 5.92 Å². The standard InChI is InChI=1S/C26H25FN6S/c1-32(2)12-15-10-17(11-15)33-13-19(22-25(28)29-14-30-26(22)33)18-7-5-16-6-8-20(21-4-3-9-34-21)31-24(16)23(18)27/h3-9,13-15,17H,10-12H2,1-2H3,(H2,28,29,30). The van der Waals surface area contributed by atoms with Crippen LogP contribution < -0.4 is 5.73 Å². The molecular weight excluding hydrogens is 447 g/mol. The summed E-state index contributed by atoms with van der Waals surface area (Å²) in [5, 5.41) is 3.46. The molecule has 1 aromatic carbocycles. The number of hydrogen-bond donors (Lipinski definition) is 1. The summed E-state index contributed by atoms with van der Waals surface area (Å²) in [5.74, 6) is 0.664. The Hall–Kier alpha value is -3.36. The number of fused-ring (bicyclic) bond motifs is 2. The van der Waals surface area contributed by atoms with E-state index < -0.39 is 0 Å². The fraction of sp³-hybridized carbons (Fsp3) is 0.269. The second kappa shape index (κ2) is 8.14. The average molecular weight is 473 g/mol. The van der Waals surface area contributed by atoms with Crippen LogP contribution in [0.4, 0.5) is 10.2 Å². The maximum absolute atomic E-state index is 16.0. The number of hydrogen-bond acceptors (Lipinski definition) is 6. The molecule has 2 N–H and O–H groups in total. The van der Waals surface area contributed by atoms with Crippen LogP contribution in [0.5, 0.6) is 0 Å². The number of benzene rings is 1. The van der Waals surface area contributed by atoms with Crippen LogP contribution in [0.25, 0.3) is 43.6 Å². The lowest BCUT2D eigenvalue weighted by Gasteiger charge is -2.38. The van der Waals surface area contributed by atoms with Gasteiger partial charge in [0.1, 0.15) is 23.3 Å². The predicted octanol–water partition coefficient (Wildman–Crippen LogP) is 5.61. The van der Waals surface area contributed by atoms with E-state index in [0.717, 1.165) is 41.0 Å². The van der Waals surface area contributed by atoms with Crippen molar-refractivity contribution in [2.45, 2.75) is 18.9 Å². The first-order valence-electron chi connectivity index (χ1n) is 11.4. The lowest BCUT2D eigenvalue weighted by atomic mass is 9.80. The Morgan fingerprint density at radius 1 is 1.12 bits per heavy atom. The van der Waals surface area contributed by atoms with Crippen molar-refractivity contribution in [1.82, 2.24) is 24.4 Å². The molecule has 5 aromatic rings. The van der Waals surface area contributed by atoms with Gasteiger partial charge in [-0.05, 0) is 50.4 Å². The Morgan fingerprint density at radius 2 is 1.94 bits per heavy atom. The average Bonchev–Trinajstić information content (AvgIpc) is 3.45. The molecule has 4 heterocycles. The minimum absolute atomic E-state index is 0.322. The molecular formula is C26H25FN6S. The lowest BCUT2D eigenvalue weighted by Crippen LogP contribution is -2.33. The summed E-state index contributed by atoms with van der Waals surface area (Å²) >= 11 is 1.59. The maximum Gasteiger partial charge on any atom is 0.157 e. The van der Waals surface area contributed by atoms with E-state index in [0.29, 0.717) is 39.8 Å². The summed E-state index contributed by atoms with van der Waals surface area (Å²) in [6, 6.07) is 11.9. The SMILES string of the molecule is CN(C)CC1CC(n2cc(-c3ccc4ccc(-c5cccs5)nc4c3F)c3c(N)ncnc32)C1. The number of thiophene rings is 1. The van der Waals surface area contributed by atoms with Crippen molar-refractivity contribution in [1.29, 1.82) is 0 Å². The van der Waals surface area contributed by atoms with Crippen LogP contribution in [0.3, 0.4) is 0 Å². The summed E-state index contributed by atoms with van der Waals surface area (Å²) in [6.07, 6.45) is 5.62. The molecule has 1 fully saturated rings. The Labute approximate surface area is 200 Å². The fourth-order valence-corrected chi connectivity index (χ4v) is 5.80. The van der Waals surface area contributed by atoms with E-state index in [9.17, 15) is 0 Å². The van der Waals surface area contributed by atoms with Gasteiger partial charge in [-0.15, -0.1) is 11.3 Å². The number of aromatic nitrogens is 4. The van der Waals surface area contributed by atoms with Gasteiger partial charge < -0.3 is 15.2 Å². The lowest BCUT2D eigenvalue weighted by molar-refractivity contribution is 0.159. The topological polar surface area (TPSA) is 72.9 Å². The van der Waals surface area contributed by atoms with E-state index in [2.05, 4.69) is 38.5 Å². The Balaban J connectivity index is 1.47. The second-order valence-corrected chi connectivity index (χ2v) is 10.3. The zero-order valence-corrected chi connectivity index (χ0v) is 19.9. The maximum atomic E-state index is 16.0. The first-order valence-corrected chi connectivity index (χ1v) is 12.3. The van der Waals surface area contributed by atoms with Gasteiger partial charge in [0.25, 0.3) is 0 Å².